The molecule has 1 aliphatic heterocycles. The van der Waals surface area contributed by atoms with Crippen LogP contribution in [0.3, 0.4) is 0 Å². The maximum absolute atomic E-state index is 11.8. The third-order valence-corrected chi connectivity index (χ3v) is 3.22. The van der Waals surface area contributed by atoms with Gasteiger partial charge in [-0.15, -0.1) is 0 Å². The third-order valence-electron chi connectivity index (χ3n) is 3.22. The number of amides is 1. The SMILES string of the molecule is COCCCN(C)C(=O)CCOC1CCNCC1. The Kier molecular flexibility index (Phi) is 7.96. The largest absolute Gasteiger partial charge is 0.385 e. The highest BCUT2D eigenvalue weighted by Crippen LogP contribution is 2.07. The molecule has 1 fully saturated rings. The maximum atomic E-state index is 11.8. The molecule has 1 amide bonds. The Morgan fingerprint density at radius 1 is 1.33 bits per heavy atom. The predicted octanol–water partition coefficient (Wildman–Crippen LogP) is 0.640. The number of rotatable bonds is 8. The van der Waals surface area contributed by atoms with Crippen LogP contribution in [0.25, 0.3) is 0 Å². The smallest absolute Gasteiger partial charge is 0.224 e. The van der Waals surface area contributed by atoms with Gasteiger partial charge in [0, 0.05) is 27.3 Å². The summed E-state index contributed by atoms with van der Waals surface area (Å²) in [5, 5.41) is 3.29. The van der Waals surface area contributed by atoms with Crippen LogP contribution in [0, 0.1) is 0 Å². The van der Waals surface area contributed by atoms with Gasteiger partial charge in [0.05, 0.1) is 19.1 Å². The molecule has 18 heavy (non-hydrogen) atoms. The van der Waals surface area contributed by atoms with Gasteiger partial charge in [-0.3, -0.25) is 4.79 Å². The Morgan fingerprint density at radius 2 is 2.06 bits per heavy atom. The molecule has 0 aromatic rings. The molecule has 1 saturated heterocycles. The van der Waals surface area contributed by atoms with Crippen LogP contribution in [0.5, 0.6) is 0 Å². The number of piperidine rings is 1. The summed E-state index contributed by atoms with van der Waals surface area (Å²) in [6.45, 7) is 4.03. The van der Waals surface area contributed by atoms with E-state index in [9.17, 15) is 4.79 Å². The highest BCUT2D eigenvalue weighted by Gasteiger charge is 2.14. The molecular weight excluding hydrogens is 232 g/mol. The number of nitrogens with zero attached hydrogens (tertiary/aromatic N) is 1. The highest BCUT2D eigenvalue weighted by atomic mass is 16.5. The standard InChI is InChI=1S/C13H26N2O3/c1-15(9-3-10-17-2)13(16)6-11-18-12-4-7-14-8-5-12/h12,14H,3-11H2,1-2H3. The zero-order valence-electron chi connectivity index (χ0n) is 11.6. The fourth-order valence-electron chi connectivity index (χ4n) is 2.04. The van der Waals surface area contributed by atoms with Crippen molar-refractivity contribution in [1.82, 2.24) is 10.2 Å². The van der Waals surface area contributed by atoms with E-state index >= 15 is 0 Å². The molecule has 0 radical (unpaired) electrons. The van der Waals surface area contributed by atoms with Crippen LogP contribution < -0.4 is 5.32 Å². The fourth-order valence-corrected chi connectivity index (χ4v) is 2.04. The molecule has 0 bridgehead atoms. The van der Waals surface area contributed by atoms with Crippen LogP contribution in [-0.4, -0.2) is 63.9 Å². The van der Waals surface area contributed by atoms with Gasteiger partial charge in [-0.25, -0.2) is 0 Å². The van der Waals surface area contributed by atoms with Gasteiger partial charge >= 0.3 is 0 Å². The average Bonchev–Trinajstić information content (AvgIpc) is 2.40. The van der Waals surface area contributed by atoms with Crippen molar-refractivity contribution in [3.63, 3.8) is 0 Å². The topological polar surface area (TPSA) is 50.8 Å². The van der Waals surface area contributed by atoms with Crippen LogP contribution in [0.2, 0.25) is 0 Å². The molecule has 0 aromatic carbocycles. The third kappa shape index (κ3) is 6.33. The lowest BCUT2D eigenvalue weighted by molar-refractivity contribution is -0.131. The number of carbonyl (C=O) groups is 1. The van der Waals surface area contributed by atoms with Gasteiger partial charge in [0.1, 0.15) is 0 Å². The van der Waals surface area contributed by atoms with Crippen LogP contribution >= 0.6 is 0 Å². The van der Waals surface area contributed by atoms with Crippen LogP contribution in [0.15, 0.2) is 0 Å². The van der Waals surface area contributed by atoms with E-state index in [0.29, 0.717) is 25.7 Å². The first-order chi connectivity index (χ1) is 8.74. The number of nitrogens with one attached hydrogen (secondary N) is 1. The number of hydrogen-bond acceptors (Lipinski definition) is 4. The lowest BCUT2D eigenvalue weighted by Gasteiger charge is -2.23. The van der Waals surface area contributed by atoms with Crippen molar-refractivity contribution in [1.29, 1.82) is 0 Å². The minimum absolute atomic E-state index is 0.153. The van der Waals surface area contributed by atoms with E-state index in [1.807, 2.05) is 7.05 Å². The number of ether oxygens (including phenoxy) is 2. The molecule has 0 spiro atoms. The Labute approximate surface area is 110 Å². The summed E-state index contributed by atoms with van der Waals surface area (Å²) in [4.78, 5) is 13.5. The van der Waals surface area contributed by atoms with Crippen molar-refractivity contribution in [2.24, 2.45) is 0 Å². The van der Waals surface area contributed by atoms with E-state index in [4.69, 9.17) is 9.47 Å². The molecule has 1 aliphatic rings. The van der Waals surface area contributed by atoms with Gasteiger partial charge < -0.3 is 19.7 Å². The van der Waals surface area contributed by atoms with Crippen molar-refractivity contribution in [2.75, 3.05) is 47.0 Å². The molecule has 0 aromatic heterocycles. The molecule has 0 saturated carbocycles. The Balaban J connectivity index is 2.04. The summed E-state index contributed by atoms with van der Waals surface area (Å²) >= 11 is 0. The van der Waals surface area contributed by atoms with E-state index < -0.39 is 0 Å². The van der Waals surface area contributed by atoms with Crippen molar-refractivity contribution in [2.45, 2.75) is 31.8 Å². The number of carbonyl (C=O) groups excluding carboxylic acids is 1. The molecule has 5 heteroatoms. The lowest BCUT2D eigenvalue weighted by Crippen LogP contribution is -2.34. The first-order valence-electron chi connectivity index (χ1n) is 6.79. The van der Waals surface area contributed by atoms with Gasteiger partial charge in [0.2, 0.25) is 5.91 Å². The van der Waals surface area contributed by atoms with Gasteiger partial charge in [0.25, 0.3) is 0 Å². The summed E-state index contributed by atoms with van der Waals surface area (Å²) in [6, 6.07) is 0. The molecular formula is C13H26N2O3. The van der Waals surface area contributed by atoms with E-state index in [1.54, 1.807) is 12.0 Å². The van der Waals surface area contributed by atoms with E-state index in [0.717, 1.165) is 38.9 Å². The second-order valence-corrected chi connectivity index (χ2v) is 4.73. The first kappa shape index (κ1) is 15.4. The summed E-state index contributed by atoms with van der Waals surface area (Å²) in [5.41, 5.74) is 0. The minimum atomic E-state index is 0.153. The summed E-state index contributed by atoms with van der Waals surface area (Å²) in [6.07, 6.45) is 3.80. The second kappa shape index (κ2) is 9.30. The Morgan fingerprint density at radius 3 is 2.72 bits per heavy atom. The zero-order chi connectivity index (χ0) is 13.2. The van der Waals surface area contributed by atoms with Crippen LogP contribution in [0.4, 0.5) is 0 Å². The van der Waals surface area contributed by atoms with Gasteiger partial charge in [0.15, 0.2) is 0 Å². The quantitative estimate of drug-likeness (QED) is 0.649. The lowest BCUT2D eigenvalue weighted by atomic mass is 10.1. The number of methoxy groups -OCH3 is 1. The zero-order valence-corrected chi connectivity index (χ0v) is 11.6. The van der Waals surface area contributed by atoms with E-state index in [1.165, 1.54) is 0 Å². The molecule has 106 valence electrons. The van der Waals surface area contributed by atoms with Gasteiger partial charge in [-0.05, 0) is 32.4 Å². The van der Waals surface area contributed by atoms with Crippen LogP contribution in [-0.2, 0) is 14.3 Å². The molecule has 1 rings (SSSR count). The van der Waals surface area contributed by atoms with Gasteiger partial charge in [-0.2, -0.15) is 0 Å². The van der Waals surface area contributed by atoms with Crippen LogP contribution in [0.1, 0.15) is 25.7 Å². The van der Waals surface area contributed by atoms with E-state index in [-0.39, 0.29) is 5.91 Å². The molecule has 5 nitrogen and oxygen atoms in total. The maximum Gasteiger partial charge on any atom is 0.224 e. The Hall–Kier alpha value is -0.650. The molecule has 1 N–H and O–H groups in total. The van der Waals surface area contributed by atoms with Crippen molar-refractivity contribution in [3.8, 4) is 0 Å². The van der Waals surface area contributed by atoms with Crippen molar-refractivity contribution in [3.05, 3.63) is 0 Å². The monoisotopic (exact) mass is 258 g/mol. The molecule has 0 unspecified atom stereocenters. The first-order valence-corrected chi connectivity index (χ1v) is 6.79. The minimum Gasteiger partial charge on any atom is -0.385 e. The fraction of sp³-hybridized carbons (Fsp3) is 0.923. The predicted molar refractivity (Wildman–Crippen MR) is 70.6 cm³/mol. The Bertz CT molecular complexity index is 230. The van der Waals surface area contributed by atoms with E-state index in [2.05, 4.69) is 5.32 Å². The van der Waals surface area contributed by atoms with Gasteiger partial charge in [-0.1, -0.05) is 0 Å². The van der Waals surface area contributed by atoms with Crippen molar-refractivity contribution < 1.29 is 14.3 Å². The summed E-state index contributed by atoms with van der Waals surface area (Å²) in [5.74, 6) is 0.153. The van der Waals surface area contributed by atoms with Crippen molar-refractivity contribution >= 4 is 5.91 Å². The molecule has 0 atom stereocenters. The normalized spacial score (nSPS) is 16.8. The summed E-state index contributed by atoms with van der Waals surface area (Å²) < 4.78 is 10.7. The summed E-state index contributed by atoms with van der Waals surface area (Å²) in [7, 11) is 3.51. The highest BCUT2D eigenvalue weighted by molar-refractivity contribution is 5.75. The average molecular weight is 258 g/mol. The number of hydrogen-bond donors (Lipinski definition) is 1. The second-order valence-electron chi connectivity index (χ2n) is 4.73. The molecule has 1 heterocycles. The molecule has 0 aliphatic carbocycles.